The summed E-state index contributed by atoms with van der Waals surface area (Å²) in [5.74, 6) is -2.01. The normalized spacial score (nSPS) is 11.1. The van der Waals surface area contributed by atoms with Gasteiger partial charge in [0.1, 0.15) is 18.1 Å². The van der Waals surface area contributed by atoms with Crippen molar-refractivity contribution in [1.29, 1.82) is 0 Å². The van der Waals surface area contributed by atoms with Gasteiger partial charge in [0.25, 0.3) is 0 Å². The van der Waals surface area contributed by atoms with Crippen molar-refractivity contribution in [3.8, 4) is 17.1 Å². The Hall–Kier alpha value is -4.16. The number of esters is 1. The molecule has 0 saturated heterocycles. The Morgan fingerprint density at radius 1 is 1.15 bits per heavy atom. The van der Waals surface area contributed by atoms with E-state index in [2.05, 4.69) is 29.7 Å². The molecule has 2 heterocycles. The molecule has 3 rings (SSSR count). The predicted octanol–water partition coefficient (Wildman–Crippen LogP) is 3.37. The Morgan fingerprint density at radius 3 is 2.55 bits per heavy atom. The molecule has 1 N–H and O–H groups in total. The highest BCUT2D eigenvalue weighted by Crippen LogP contribution is 2.31. The van der Waals surface area contributed by atoms with Gasteiger partial charge in [0.15, 0.2) is 0 Å². The van der Waals surface area contributed by atoms with Crippen LogP contribution in [0.15, 0.2) is 41.1 Å². The van der Waals surface area contributed by atoms with E-state index in [-0.39, 0.29) is 36.0 Å². The number of alkyl halides is 3. The van der Waals surface area contributed by atoms with Gasteiger partial charge in [-0.1, -0.05) is 23.4 Å². The molecular formula is C20H17F3N4O6. The van der Waals surface area contributed by atoms with Crippen molar-refractivity contribution >= 4 is 12.1 Å². The van der Waals surface area contributed by atoms with Crippen LogP contribution in [-0.2, 0) is 28.8 Å². The fourth-order valence-corrected chi connectivity index (χ4v) is 2.59. The number of rotatable bonds is 7. The van der Waals surface area contributed by atoms with E-state index < -0.39 is 24.1 Å². The minimum atomic E-state index is -4.75. The third kappa shape index (κ3) is 5.96. The molecule has 0 unspecified atom stereocenters. The molecule has 0 spiro atoms. The molecule has 0 radical (unpaired) electrons. The Morgan fingerprint density at radius 2 is 1.94 bits per heavy atom. The first-order valence-corrected chi connectivity index (χ1v) is 9.23. The molecule has 0 saturated carbocycles. The monoisotopic (exact) mass is 466 g/mol. The van der Waals surface area contributed by atoms with Gasteiger partial charge in [0.05, 0.1) is 14.2 Å². The number of ether oxygens (including phenoxy) is 3. The minimum absolute atomic E-state index is 0.0157. The molecule has 0 aliphatic rings. The number of benzene rings is 1. The summed E-state index contributed by atoms with van der Waals surface area (Å²) in [4.78, 5) is 30.6. The Balaban J connectivity index is 1.57. The van der Waals surface area contributed by atoms with E-state index in [4.69, 9.17) is 9.47 Å². The topological polar surface area (TPSA) is 126 Å². The highest BCUT2D eigenvalue weighted by atomic mass is 19.4. The maximum atomic E-state index is 12.6. The second-order valence-corrected chi connectivity index (χ2v) is 6.42. The second kappa shape index (κ2) is 9.97. The third-order valence-electron chi connectivity index (χ3n) is 4.23. The molecule has 0 atom stereocenters. The third-order valence-corrected chi connectivity index (χ3v) is 4.23. The number of halogens is 3. The minimum Gasteiger partial charge on any atom is -0.496 e. The van der Waals surface area contributed by atoms with Gasteiger partial charge < -0.3 is 24.1 Å². The van der Waals surface area contributed by atoms with Crippen molar-refractivity contribution in [2.45, 2.75) is 19.3 Å². The van der Waals surface area contributed by atoms with Crippen molar-refractivity contribution in [2.24, 2.45) is 0 Å². The number of hydrogen-bond acceptors (Lipinski definition) is 9. The summed E-state index contributed by atoms with van der Waals surface area (Å²) in [6.07, 6.45) is -4.10. The van der Waals surface area contributed by atoms with Gasteiger partial charge in [-0.15, -0.1) is 0 Å². The van der Waals surface area contributed by atoms with Crippen LogP contribution < -0.4 is 10.1 Å². The van der Waals surface area contributed by atoms with Crippen molar-refractivity contribution < 1.29 is 41.5 Å². The van der Waals surface area contributed by atoms with Gasteiger partial charge in [-0.2, -0.15) is 18.2 Å². The summed E-state index contributed by atoms with van der Waals surface area (Å²) in [6.45, 7) is -0.0718. The Kier molecular flexibility index (Phi) is 7.10. The number of carbonyl (C=O) groups is 2. The van der Waals surface area contributed by atoms with Crippen LogP contribution in [0.5, 0.6) is 5.75 Å². The highest BCUT2D eigenvalue weighted by Gasteiger charge is 2.38. The van der Waals surface area contributed by atoms with Crippen LogP contribution in [0.25, 0.3) is 11.4 Å². The van der Waals surface area contributed by atoms with Crippen LogP contribution in [0.4, 0.5) is 18.0 Å². The zero-order valence-corrected chi connectivity index (χ0v) is 17.3. The lowest BCUT2D eigenvalue weighted by Crippen LogP contribution is -2.24. The summed E-state index contributed by atoms with van der Waals surface area (Å²) >= 11 is 0. The molecule has 33 heavy (non-hydrogen) atoms. The summed E-state index contributed by atoms with van der Waals surface area (Å²) < 4.78 is 57.0. The van der Waals surface area contributed by atoms with Gasteiger partial charge in [0.2, 0.25) is 5.82 Å². The zero-order valence-electron chi connectivity index (χ0n) is 17.3. The number of nitrogens with zero attached hydrogens (tertiary/aromatic N) is 3. The van der Waals surface area contributed by atoms with Crippen LogP contribution in [-0.4, -0.2) is 41.4 Å². The van der Waals surface area contributed by atoms with Crippen molar-refractivity contribution in [3.05, 3.63) is 59.2 Å². The Labute approximate surface area is 184 Å². The fraction of sp³-hybridized carbons (Fsp3) is 0.250. The number of carbonyl (C=O) groups excluding carboxylic acids is 2. The molecule has 0 aliphatic carbocycles. The van der Waals surface area contributed by atoms with E-state index in [9.17, 15) is 22.8 Å². The average molecular weight is 466 g/mol. The van der Waals surface area contributed by atoms with E-state index in [0.717, 1.165) is 0 Å². The molecular weight excluding hydrogens is 449 g/mol. The lowest BCUT2D eigenvalue weighted by atomic mass is 10.1. The summed E-state index contributed by atoms with van der Waals surface area (Å²) in [5, 5.41) is 5.85. The van der Waals surface area contributed by atoms with E-state index in [0.29, 0.717) is 11.1 Å². The predicted molar refractivity (Wildman–Crippen MR) is 104 cm³/mol. The maximum absolute atomic E-state index is 12.6. The fourth-order valence-electron chi connectivity index (χ4n) is 2.59. The SMILES string of the molecule is COC(=O)c1ccc(COC(=O)NCc2ccc(-c3noc(C(F)(F)F)n3)cc2OC)cn1. The number of alkyl carbamates (subject to hydrolysis) is 1. The second-order valence-electron chi connectivity index (χ2n) is 6.42. The summed E-state index contributed by atoms with van der Waals surface area (Å²) in [5.41, 5.74) is 1.44. The van der Waals surface area contributed by atoms with Crippen LogP contribution in [0.2, 0.25) is 0 Å². The van der Waals surface area contributed by atoms with Crippen LogP contribution in [0.3, 0.4) is 0 Å². The number of aromatic nitrogens is 3. The van der Waals surface area contributed by atoms with Gasteiger partial charge in [-0.3, -0.25) is 0 Å². The van der Waals surface area contributed by atoms with E-state index >= 15 is 0 Å². The molecule has 174 valence electrons. The molecule has 3 aromatic rings. The lowest BCUT2D eigenvalue weighted by molar-refractivity contribution is -0.159. The Bertz CT molecular complexity index is 1130. The standard InChI is InChI=1S/C20H17F3N4O6/c1-30-15-7-12(16-26-18(33-27-16)20(21,22)23)4-5-13(15)9-25-19(29)32-10-11-3-6-14(24-8-11)17(28)31-2/h3-8H,9-10H2,1-2H3,(H,25,29). The number of hydrogen-bond donors (Lipinski definition) is 1. The van der Waals surface area contributed by atoms with E-state index in [1.165, 1.54) is 44.7 Å². The van der Waals surface area contributed by atoms with Crippen molar-refractivity contribution in [1.82, 2.24) is 20.4 Å². The lowest BCUT2D eigenvalue weighted by Gasteiger charge is -2.11. The van der Waals surface area contributed by atoms with Gasteiger partial charge >= 0.3 is 24.1 Å². The highest BCUT2D eigenvalue weighted by molar-refractivity contribution is 5.87. The van der Waals surface area contributed by atoms with Crippen molar-refractivity contribution in [2.75, 3.05) is 14.2 Å². The van der Waals surface area contributed by atoms with E-state index in [1.807, 2.05) is 0 Å². The number of nitrogens with one attached hydrogen (secondary N) is 1. The first-order chi connectivity index (χ1) is 15.7. The maximum Gasteiger partial charge on any atom is 0.471 e. The summed E-state index contributed by atoms with van der Waals surface area (Å²) in [7, 11) is 2.60. The van der Waals surface area contributed by atoms with Gasteiger partial charge in [0, 0.05) is 29.4 Å². The summed E-state index contributed by atoms with van der Waals surface area (Å²) in [6, 6.07) is 7.42. The molecule has 2 aromatic heterocycles. The number of amides is 1. The molecule has 13 heteroatoms. The largest absolute Gasteiger partial charge is 0.496 e. The van der Waals surface area contributed by atoms with Crippen LogP contribution in [0, 0.1) is 0 Å². The molecule has 0 aliphatic heterocycles. The van der Waals surface area contributed by atoms with Gasteiger partial charge in [-0.05, 0) is 12.1 Å². The molecule has 0 bridgehead atoms. The first kappa shape index (κ1) is 23.5. The van der Waals surface area contributed by atoms with E-state index in [1.54, 1.807) is 6.07 Å². The first-order valence-electron chi connectivity index (χ1n) is 9.23. The van der Waals surface area contributed by atoms with Crippen molar-refractivity contribution in [3.63, 3.8) is 0 Å². The molecule has 1 aromatic carbocycles. The quantitative estimate of drug-likeness (QED) is 0.522. The molecule has 0 fully saturated rings. The number of pyridine rings is 1. The van der Waals surface area contributed by atoms with Gasteiger partial charge in [-0.25, -0.2) is 14.6 Å². The van der Waals surface area contributed by atoms with Crippen LogP contribution >= 0.6 is 0 Å². The molecule has 10 nitrogen and oxygen atoms in total. The number of methoxy groups -OCH3 is 2. The smallest absolute Gasteiger partial charge is 0.471 e. The van der Waals surface area contributed by atoms with Crippen LogP contribution in [0.1, 0.15) is 27.5 Å². The average Bonchev–Trinajstić information content (AvgIpc) is 3.32. The molecule has 1 amide bonds. The zero-order chi connectivity index (χ0) is 24.0.